The molecule has 2 aliphatic rings. The summed E-state index contributed by atoms with van der Waals surface area (Å²) in [7, 11) is 0. The van der Waals surface area contributed by atoms with Gasteiger partial charge in [0.05, 0.1) is 18.8 Å². The number of nitrogens with two attached hydrogens (primary N) is 2. The Kier molecular flexibility index (Phi) is 6.31. The number of aromatic hydroxyl groups is 1. The number of rotatable bonds is 7. The number of phenols is 1. The van der Waals surface area contributed by atoms with Crippen LogP contribution in [0.4, 0.5) is 11.4 Å². The van der Waals surface area contributed by atoms with Crippen LogP contribution in [-0.2, 0) is 4.74 Å². The molecule has 2 fully saturated rings. The van der Waals surface area contributed by atoms with Crippen molar-refractivity contribution in [3.8, 4) is 22.8 Å². The maximum Gasteiger partial charge on any atom is 0.289 e. The SMILES string of the molecule is CCC(N)c1cc(-c2nnc(C(=O)NC3CC3)n2-c2ccc(N3CCOCC3)cc2)c(O)cc1N. The number of anilines is 2. The molecular weight excluding hydrogens is 446 g/mol. The van der Waals surface area contributed by atoms with Gasteiger partial charge in [-0.1, -0.05) is 6.92 Å². The zero-order valence-electron chi connectivity index (χ0n) is 19.8. The summed E-state index contributed by atoms with van der Waals surface area (Å²) < 4.78 is 7.13. The lowest BCUT2D eigenvalue weighted by Gasteiger charge is -2.29. The fourth-order valence-electron chi connectivity index (χ4n) is 4.30. The molecule has 1 aliphatic heterocycles. The van der Waals surface area contributed by atoms with Crippen LogP contribution in [0.3, 0.4) is 0 Å². The van der Waals surface area contributed by atoms with Crippen LogP contribution in [0.5, 0.6) is 5.75 Å². The summed E-state index contributed by atoms with van der Waals surface area (Å²) in [5, 5.41) is 22.3. The first-order valence-electron chi connectivity index (χ1n) is 12.0. The second kappa shape index (κ2) is 9.55. The summed E-state index contributed by atoms with van der Waals surface area (Å²) in [6, 6.07) is 11.0. The van der Waals surface area contributed by atoms with Crippen molar-refractivity contribution in [2.75, 3.05) is 36.9 Å². The van der Waals surface area contributed by atoms with E-state index in [-0.39, 0.29) is 29.6 Å². The predicted molar refractivity (Wildman–Crippen MR) is 134 cm³/mol. The van der Waals surface area contributed by atoms with Crippen molar-refractivity contribution < 1.29 is 14.6 Å². The third kappa shape index (κ3) is 4.67. The Morgan fingerprint density at radius 2 is 1.86 bits per heavy atom. The van der Waals surface area contributed by atoms with Crippen molar-refractivity contribution in [1.82, 2.24) is 20.1 Å². The summed E-state index contributed by atoms with van der Waals surface area (Å²) in [6.07, 6.45) is 2.59. The highest BCUT2D eigenvalue weighted by molar-refractivity contribution is 5.92. The quantitative estimate of drug-likeness (QED) is 0.380. The number of nitrogen functional groups attached to an aromatic ring is 1. The van der Waals surface area contributed by atoms with E-state index in [0.717, 1.165) is 31.6 Å². The van der Waals surface area contributed by atoms with Crippen molar-refractivity contribution in [3.05, 3.63) is 47.8 Å². The van der Waals surface area contributed by atoms with Gasteiger partial charge in [0.2, 0.25) is 5.82 Å². The number of nitrogens with zero attached hydrogens (tertiary/aromatic N) is 4. The van der Waals surface area contributed by atoms with Crippen molar-refractivity contribution in [3.63, 3.8) is 0 Å². The lowest BCUT2D eigenvalue weighted by atomic mass is 9.99. The van der Waals surface area contributed by atoms with E-state index in [4.69, 9.17) is 16.2 Å². The van der Waals surface area contributed by atoms with Gasteiger partial charge in [-0.2, -0.15) is 0 Å². The molecule has 2 aromatic carbocycles. The number of ether oxygens (including phenoxy) is 1. The van der Waals surface area contributed by atoms with Crippen LogP contribution < -0.4 is 21.7 Å². The Morgan fingerprint density at radius 1 is 1.17 bits per heavy atom. The normalized spacial score (nSPS) is 16.8. The van der Waals surface area contributed by atoms with Crippen LogP contribution in [-0.4, -0.2) is 58.1 Å². The number of carbonyl (C=O) groups excluding carboxylic acids is 1. The molecule has 1 atom stereocenters. The number of hydrogen-bond acceptors (Lipinski definition) is 8. The van der Waals surface area contributed by atoms with E-state index in [1.54, 1.807) is 10.6 Å². The molecule has 1 saturated carbocycles. The number of phenolic OH excluding ortho intramolecular Hbond substituents is 1. The molecule has 1 unspecified atom stereocenters. The van der Waals surface area contributed by atoms with Crippen LogP contribution in [0.1, 0.15) is 48.4 Å². The molecule has 0 bridgehead atoms. The second-order valence-corrected chi connectivity index (χ2v) is 9.06. The van der Waals surface area contributed by atoms with Crippen LogP contribution in [0, 0.1) is 0 Å². The average molecular weight is 478 g/mol. The first-order chi connectivity index (χ1) is 17.0. The molecule has 2 heterocycles. The molecular formula is C25H31N7O3. The molecule has 10 nitrogen and oxygen atoms in total. The molecule has 35 heavy (non-hydrogen) atoms. The summed E-state index contributed by atoms with van der Waals surface area (Å²) in [6.45, 7) is 5.01. The van der Waals surface area contributed by atoms with Gasteiger partial charge >= 0.3 is 0 Å². The van der Waals surface area contributed by atoms with Gasteiger partial charge in [-0.05, 0) is 55.2 Å². The number of nitrogens with one attached hydrogen (secondary N) is 1. The Balaban J connectivity index is 1.59. The number of hydrogen-bond donors (Lipinski definition) is 4. The maximum atomic E-state index is 13.0. The van der Waals surface area contributed by atoms with E-state index in [2.05, 4.69) is 20.4 Å². The molecule has 5 rings (SSSR count). The van der Waals surface area contributed by atoms with Crippen LogP contribution >= 0.6 is 0 Å². The molecule has 1 saturated heterocycles. The molecule has 1 aliphatic carbocycles. The highest BCUT2D eigenvalue weighted by Gasteiger charge is 2.29. The highest BCUT2D eigenvalue weighted by atomic mass is 16.5. The Morgan fingerprint density at radius 3 is 2.51 bits per heavy atom. The molecule has 1 amide bonds. The number of benzene rings is 2. The van der Waals surface area contributed by atoms with Crippen molar-refractivity contribution in [2.24, 2.45) is 5.73 Å². The van der Waals surface area contributed by atoms with Crippen LogP contribution in [0.2, 0.25) is 0 Å². The minimum atomic E-state index is -0.302. The summed E-state index contributed by atoms with van der Waals surface area (Å²) in [5.41, 5.74) is 15.7. The predicted octanol–water partition coefficient (Wildman–Crippen LogP) is 2.36. The van der Waals surface area contributed by atoms with E-state index in [0.29, 0.717) is 48.0 Å². The molecule has 3 aromatic rings. The zero-order chi connectivity index (χ0) is 24.5. The fourth-order valence-corrected chi connectivity index (χ4v) is 4.30. The highest BCUT2D eigenvalue weighted by Crippen LogP contribution is 2.36. The lowest BCUT2D eigenvalue weighted by Crippen LogP contribution is -2.36. The van der Waals surface area contributed by atoms with Gasteiger partial charge in [0.1, 0.15) is 5.75 Å². The lowest BCUT2D eigenvalue weighted by molar-refractivity contribution is 0.0938. The molecule has 1 aromatic heterocycles. The van der Waals surface area contributed by atoms with E-state index in [9.17, 15) is 9.90 Å². The Labute approximate surface area is 203 Å². The Bertz CT molecular complexity index is 1210. The van der Waals surface area contributed by atoms with Gasteiger partial charge in [-0.3, -0.25) is 9.36 Å². The second-order valence-electron chi connectivity index (χ2n) is 9.06. The molecule has 10 heteroatoms. The van der Waals surface area contributed by atoms with Gasteiger partial charge in [-0.15, -0.1) is 10.2 Å². The van der Waals surface area contributed by atoms with Crippen molar-refractivity contribution >= 4 is 17.3 Å². The van der Waals surface area contributed by atoms with Gasteiger partial charge in [0.15, 0.2) is 5.82 Å². The first-order valence-corrected chi connectivity index (χ1v) is 12.0. The molecule has 6 N–H and O–H groups in total. The molecule has 0 spiro atoms. The Hall–Kier alpha value is -3.63. The van der Waals surface area contributed by atoms with Gasteiger partial charge in [0, 0.05) is 48.3 Å². The minimum Gasteiger partial charge on any atom is -0.507 e. The minimum absolute atomic E-state index is 0.0534. The van der Waals surface area contributed by atoms with Crippen molar-refractivity contribution in [2.45, 2.75) is 38.3 Å². The number of amides is 1. The number of morpholine rings is 1. The topological polar surface area (TPSA) is 145 Å². The fraction of sp³-hybridized carbons (Fsp3) is 0.400. The summed E-state index contributed by atoms with van der Waals surface area (Å²) in [4.78, 5) is 15.3. The maximum absolute atomic E-state index is 13.0. The molecule has 184 valence electrons. The summed E-state index contributed by atoms with van der Waals surface area (Å²) >= 11 is 0. The summed E-state index contributed by atoms with van der Waals surface area (Å²) in [5.74, 6) is 0.141. The third-order valence-corrected chi connectivity index (χ3v) is 6.54. The van der Waals surface area contributed by atoms with Crippen LogP contribution in [0.15, 0.2) is 36.4 Å². The third-order valence-electron chi connectivity index (χ3n) is 6.54. The smallest absolute Gasteiger partial charge is 0.289 e. The van der Waals surface area contributed by atoms with Crippen molar-refractivity contribution in [1.29, 1.82) is 0 Å². The zero-order valence-corrected chi connectivity index (χ0v) is 19.8. The van der Waals surface area contributed by atoms with E-state index >= 15 is 0 Å². The largest absolute Gasteiger partial charge is 0.507 e. The van der Waals surface area contributed by atoms with E-state index in [1.807, 2.05) is 31.2 Å². The molecule has 0 radical (unpaired) electrons. The number of carbonyl (C=O) groups is 1. The first kappa shape index (κ1) is 23.1. The van der Waals surface area contributed by atoms with Gasteiger partial charge in [-0.25, -0.2) is 0 Å². The number of aromatic nitrogens is 3. The average Bonchev–Trinajstić information content (AvgIpc) is 3.58. The van der Waals surface area contributed by atoms with Gasteiger partial charge in [0.25, 0.3) is 5.91 Å². The van der Waals surface area contributed by atoms with Crippen LogP contribution in [0.25, 0.3) is 17.1 Å². The van der Waals surface area contributed by atoms with E-state index in [1.165, 1.54) is 6.07 Å². The van der Waals surface area contributed by atoms with E-state index < -0.39 is 0 Å². The standard InChI is InChI=1S/C25H31N7O3/c1-2-20(26)18-13-19(22(33)14-21(18)27)23-29-30-24(25(34)28-15-3-4-15)32(23)17-7-5-16(6-8-17)31-9-11-35-12-10-31/h5-8,13-15,20,33H,2-4,9-12,26-27H2,1H3,(H,28,34). The van der Waals surface area contributed by atoms with Gasteiger partial charge < -0.3 is 31.5 Å². The monoisotopic (exact) mass is 477 g/mol.